The molecule has 0 aliphatic carbocycles. The fourth-order valence-electron chi connectivity index (χ4n) is 2.24. The Balaban J connectivity index is 1.86. The van der Waals surface area contributed by atoms with Crippen LogP contribution in [0.15, 0.2) is 60.7 Å². The Kier molecular flexibility index (Phi) is 3.95. The molecule has 2 aromatic carbocycles. The van der Waals surface area contributed by atoms with Crippen LogP contribution in [-0.2, 0) is 0 Å². The molecule has 4 nitrogen and oxygen atoms in total. The molecular weight excluding hydrogens is 312 g/mol. The third-order valence-electron chi connectivity index (χ3n) is 3.45. The summed E-state index contributed by atoms with van der Waals surface area (Å²) in [6.45, 7) is 0. The minimum atomic E-state index is -0.946. The molecule has 23 heavy (non-hydrogen) atoms. The van der Waals surface area contributed by atoms with E-state index in [0.717, 1.165) is 21.6 Å². The lowest BCUT2D eigenvalue weighted by Crippen LogP contribution is -1.94. The van der Waals surface area contributed by atoms with Gasteiger partial charge in [0.2, 0.25) is 0 Å². The van der Waals surface area contributed by atoms with Crippen LogP contribution >= 0.6 is 11.3 Å². The summed E-state index contributed by atoms with van der Waals surface area (Å²) in [5.41, 5.74) is 3.11. The fraction of sp³-hybridized carbons (Fsp3) is 0. The number of rotatable bonds is 4. The van der Waals surface area contributed by atoms with Gasteiger partial charge in [0.05, 0.1) is 5.56 Å². The molecule has 1 aromatic heterocycles. The molecule has 0 radical (unpaired) electrons. The average Bonchev–Trinajstić information content (AvgIpc) is 3.05. The quantitative estimate of drug-likeness (QED) is 0.742. The molecule has 0 unspecified atom stereocenters. The second-order valence-electron chi connectivity index (χ2n) is 4.93. The zero-order chi connectivity index (χ0) is 16.4. The van der Waals surface area contributed by atoms with Crippen LogP contribution < -0.4 is 0 Å². The van der Waals surface area contributed by atoms with E-state index in [1.807, 2.05) is 24.3 Å². The molecule has 0 amide bonds. The van der Waals surface area contributed by atoms with Crippen LogP contribution in [0.2, 0.25) is 0 Å². The van der Waals surface area contributed by atoms with Gasteiger partial charge in [-0.1, -0.05) is 36.4 Å². The summed E-state index contributed by atoms with van der Waals surface area (Å²) in [4.78, 5) is 23.0. The normalized spacial score (nSPS) is 10.4. The lowest BCUT2D eigenvalue weighted by Gasteiger charge is -2.04. The largest absolute Gasteiger partial charge is 0.478 e. The molecule has 0 aliphatic heterocycles. The monoisotopic (exact) mass is 324 g/mol. The summed E-state index contributed by atoms with van der Waals surface area (Å²) in [6, 6.07) is 17.8. The van der Waals surface area contributed by atoms with Gasteiger partial charge in [-0.25, -0.2) is 9.59 Å². The number of hydrogen-bond acceptors (Lipinski definition) is 3. The summed E-state index contributed by atoms with van der Waals surface area (Å²) < 4.78 is 0. The van der Waals surface area contributed by atoms with Crippen molar-refractivity contribution in [2.75, 3.05) is 0 Å². The first-order valence-electron chi connectivity index (χ1n) is 6.82. The number of aromatic carboxylic acids is 2. The smallest absolute Gasteiger partial charge is 0.345 e. The molecule has 2 N–H and O–H groups in total. The lowest BCUT2D eigenvalue weighted by atomic mass is 10.0. The molecule has 0 spiro atoms. The van der Waals surface area contributed by atoms with E-state index >= 15 is 0 Å². The van der Waals surface area contributed by atoms with Crippen LogP contribution in [0.4, 0.5) is 0 Å². The van der Waals surface area contributed by atoms with Gasteiger partial charge in [0.15, 0.2) is 0 Å². The molecule has 0 saturated carbocycles. The molecule has 0 bridgehead atoms. The molecule has 3 rings (SSSR count). The van der Waals surface area contributed by atoms with Crippen molar-refractivity contribution in [1.29, 1.82) is 0 Å². The van der Waals surface area contributed by atoms with Gasteiger partial charge < -0.3 is 10.2 Å². The molecule has 1 heterocycles. The minimum Gasteiger partial charge on any atom is -0.478 e. The molecule has 3 aromatic rings. The minimum absolute atomic E-state index is 0.255. The van der Waals surface area contributed by atoms with Crippen molar-refractivity contribution in [2.24, 2.45) is 0 Å². The van der Waals surface area contributed by atoms with Crippen LogP contribution in [0.3, 0.4) is 0 Å². The highest BCUT2D eigenvalue weighted by Gasteiger charge is 2.09. The Hall–Kier alpha value is -2.92. The summed E-state index contributed by atoms with van der Waals surface area (Å²) in [5, 5.41) is 17.9. The van der Waals surface area contributed by atoms with Gasteiger partial charge in [-0.05, 0) is 41.0 Å². The van der Waals surface area contributed by atoms with Gasteiger partial charge in [-0.15, -0.1) is 11.3 Å². The van der Waals surface area contributed by atoms with Crippen LogP contribution in [0.5, 0.6) is 0 Å². The van der Waals surface area contributed by atoms with Gasteiger partial charge in [0.25, 0.3) is 0 Å². The van der Waals surface area contributed by atoms with E-state index in [-0.39, 0.29) is 5.56 Å². The van der Waals surface area contributed by atoms with Crippen molar-refractivity contribution >= 4 is 23.3 Å². The highest BCUT2D eigenvalue weighted by Crippen LogP contribution is 2.30. The Morgan fingerprint density at radius 2 is 1.17 bits per heavy atom. The summed E-state index contributed by atoms with van der Waals surface area (Å²) in [7, 11) is 0. The first kappa shape index (κ1) is 15.0. The van der Waals surface area contributed by atoms with Gasteiger partial charge in [-0.2, -0.15) is 0 Å². The maximum Gasteiger partial charge on any atom is 0.345 e. The maximum atomic E-state index is 10.9. The fourth-order valence-corrected chi connectivity index (χ4v) is 3.09. The first-order valence-corrected chi connectivity index (χ1v) is 7.63. The molecule has 0 aliphatic rings. The molecule has 114 valence electrons. The number of hydrogen-bond donors (Lipinski definition) is 2. The van der Waals surface area contributed by atoms with E-state index in [1.165, 1.54) is 11.3 Å². The van der Waals surface area contributed by atoms with Crippen molar-refractivity contribution in [1.82, 2.24) is 0 Å². The van der Waals surface area contributed by atoms with E-state index < -0.39 is 11.9 Å². The Morgan fingerprint density at radius 1 is 0.652 bits per heavy atom. The van der Waals surface area contributed by atoms with Gasteiger partial charge in [0.1, 0.15) is 4.88 Å². The van der Waals surface area contributed by atoms with Crippen LogP contribution in [0.25, 0.3) is 21.6 Å². The third kappa shape index (κ3) is 3.14. The first-order chi connectivity index (χ1) is 11.0. The molecule has 0 fully saturated rings. The predicted octanol–water partition coefficient (Wildman–Crippen LogP) is 4.48. The van der Waals surface area contributed by atoms with Gasteiger partial charge in [0, 0.05) is 4.88 Å². The summed E-state index contributed by atoms with van der Waals surface area (Å²) in [5.74, 6) is -1.87. The highest BCUT2D eigenvalue weighted by atomic mass is 32.1. The molecule has 0 saturated heterocycles. The van der Waals surface area contributed by atoms with Gasteiger partial charge in [-0.3, -0.25) is 0 Å². The van der Waals surface area contributed by atoms with Crippen LogP contribution in [-0.4, -0.2) is 22.2 Å². The van der Waals surface area contributed by atoms with E-state index in [0.29, 0.717) is 4.88 Å². The van der Waals surface area contributed by atoms with E-state index in [4.69, 9.17) is 10.2 Å². The maximum absolute atomic E-state index is 10.9. The predicted molar refractivity (Wildman–Crippen MR) is 89.1 cm³/mol. The number of carboxylic acids is 2. The van der Waals surface area contributed by atoms with Crippen molar-refractivity contribution < 1.29 is 19.8 Å². The second-order valence-corrected chi connectivity index (χ2v) is 6.01. The standard InChI is InChI=1S/C18H12O4S/c19-17(20)14-7-3-12(4-8-14)11-1-5-13(6-2-11)15-9-10-16(23-15)18(21)22/h1-10H,(H,19,20)(H,21,22). The average molecular weight is 324 g/mol. The van der Waals surface area contributed by atoms with Crippen LogP contribution in [0, 0.1) is 0 Å². The van der Waals surface area contributed by atoms with Crippen molar-refractivity contribution in [3.63, 3.8) is 0 Å². The summed E-state index contributed by atoms with van der Waals surface area (Å²) in [6.07, 6.45) is 0. The Labute approximate surface area is 136 Å². The van der Waals surface area contributed by atoms with E-state index in [2.05, 4.69) is 0 Å². The van der Waals surface area contributed by atoms with Gasteiger partial charge >= 0.3 is 11.9 Å². The Bertz CT molecular complexity index is 861. The number of benzene rings is 2. The summed E-state index contributed by atoms with van der Waals surface area (Å²) >= 11 is 1.24. The van der Waals surface area contributed by atoms with Crippen molar-refractivity contribution in [2.45, 2.75) is 0 Å². The van der Waals surface area contributed by atoms with Crippen molar-refractivity contribution in [3.05, 3.63) is 71.1 Å². The second kappa shape index (κ2) is 6.06. The zero-order valence-corrected chi connectivity index (χ0v) is 12.7. The highest BCUT2D eigenvalue weighted by molar-refractivity contribution is 7.17. The van der Waals surface area contributed by atoms with Crippen LogP contribution in [0.1, 0.15) is 20.0 Å². The van der Waals surface area contributed by atoms with E-state index in [1.54, 1.807) is 36.4 Å². The lowest BCUT2D eigenvalue weighted by molar-refractivity contribution is 0.0688. The number of carboxylic acid groups (broad SMARTS) is 2. The third-order valence-corrected chi connectivity index (χ3v) is 4.57. The Morgan fingerprint density at radius 3 is 1.65 bits per heavy atom. The molecule has 5 heteroatoms. The zero-order valence-electron chi connectivity index (χ0n) is 11.9. The number of thiophene rings is 1. The SMILES string of the molecule is O=C(O)c1ccc(-c2ccc(-c3ccc(C(=O)O)s3)cc2)cc1. The van der Waals surface area contributed by atoms with Crippen molar-refractivity contribution in [3.8, 4) is 21.6 Å². The number of carbonyl (C=O) groups is 2. The van der Waals surface area contributed by atoms with E-state index in [9.17, 15) is 9.59 Å². The molecule has 0 atom stereocenters. The molecular formula is C18H12O4S. The topological polar surface area (TPSA) is 74.6 Å².